The van der Waals surface area contributed by atoms with E-state index in [1.165, 1.54) is 11.3 Å². The van der Waals surface area contributed by atoms with Gasteiger partial charge in [0.15, 0.2) is 5.69 Å². The number of fused-ring (bicyclic) bond motifs is 1. The molecule has 1 aliphatic carbocycles. The normalized spacial score (nSPS) is 16.3. The van der Waals surface area contributed by atoms with Crippen LogP contribution in [0.25, 0.3) is 5.69 Å². The van der Waals surface area contributed by atoms with Gasteiger partial charge in [-0.25, -0.2) is 4.68 Å². The van der Waals surface area contributed by atoms with E-state index in [1.54, 1.807) is 0 Å². The summed E-state index contributed by atoms with van der Waals surface area (Å²) in [5, 5.41) is 4.71. The van der Waals surface area contributed by atoms with E-state index in [9.17, 15) is 4.79 Å². The molecule has 2 aromatic rings. The fourth-order valence-electron chi connectivity index (χ4n) is 3.40. The number of amides is 1. The van der Waals surface area contributed by atoms with Crippen LogP contribution >= 0.6 is 0 Å². The second-order valence-electron chi connectivity index (χ2n) is 6.01. The number of aryl methyl sites for hydroxylation is 1. The maximum Gasteiger partial charge on any atom is 0.275 e. The molecule has 0 saturated carbocycles. The van der Waals surface area contributed by atoms with E-state index in [1.807, 2.05) is 33.9 Å². The highest BCUT2D eigenvalue weighted by molar-refractivity contribution is 5.94. The smallest absolute Gasteiger partial charge is 0.275 e. The topological polar surface area (TPSA) is 38.1 Å². The first-order chi connectivity index (χ1) is 10.8. The molecule has 1 amide bonds. The van der Waals surface area contributed by atoms with E-state index in [4.69, 9.17) is 5.10 Å². The lowest BCUT2D eigenvalue weighted by molar-refractivity contribution is 0.0792. The van der Waals surface area contributed by atoms with Crippen molar-refractivity contribution in [3.63, 3.8) is 0 Å². The SMILES string of the molecule is Cc1ccccc1-n1nc(C(=O)N2CC=CC2)c2c1CCC2. The van der Waals surface area contributed by atoms with Crippen molar-refractivity contribution < 1.29 is 4.79 Å². The third-order valence-corrected chi connectivity index (χ3v) is 4.58. The van der Waals surface area contributed by atoms with Crippen molar-refractivity contribution in [1.29, 1.82) is 0 Å². The van der Waals surface area contributed by atoms with Gasteiger partial charge < -0.3 is 4.90 Å². The van der Waals surface area contributed by atoms with E-state index in [2.05, 4.69) is 19.1 Å². The summed E-state index contributed by atoms with van der Waals surface area (Å²) in [6.07, 6.45) is 7.15. The molecule has 1 aliphatic heterocycles. The molecule has 0 spiro atoms. The average molecular weight is 293 g/mol. The standard InChI is InChI=1S/C18H19N3O/c1-13-7-2-3-9-15(13)21-16-10-6-8-14(16)17(19-21)18(22)20-11-4-5-12-20/h2-5,7,9H,6,8,10-12H2,1H3. The van der Waals surface area contributed by atoms with E-state index in [-0.39, 0.29) is 5.91 Å². The van der Waals surface area contributed by atoms with E-state index < -0.39 is 0 Å². The van der Waals surface area contributed by atoms with Crippen LogP contribution in [0.15, 0.2) is 36.4 Å². The molecule has 2 heterocycles. The summed E-state index contributed by atoms with van der Waals surface area (Å²) in [6, 6.07) is 8.22. The van der Waals surface area contributed by atoms with Crippen LogP contribution in [0.5, 0.6) is 0 Å². The molecule has 4 heteroatoms. The quantitative estimate of drug-likeness (QED) is 0.798. The van der Waals surface area contributed by atoms with Crippen LogP contribution in [0.4, 0.5) is 0 Å². The lowest BCUT2D eigenvalue weighted by atomic mass is 10.1. The van der Waals surface area contributed by atoms with Gasteiger partial charge in [0.1, 0.15) is 0 Å². The summed E-state index contributed by atoms with van der Waals surface area (Å²) in [7, 11) is 0. The Balaban J connectivity index is 1.80. The Hall–Kier alpha value is -2.36. The Labute approximate surface area is 130 Å². The zero-order valence-electron chi connectivity index (χ0n) is 12.7. The number of para-hydroxylation sites is 1. The molecule has 1 aromatic heterocycles. The van der Waals surface area contributed by atoms with Gasteiger partial charge in [-0.2, -0.15) is 5.10 Å². The van der Waals surface area contributed by atoms with Gasteiger partial charge in [-0.15, -0.1) is 0 Å². The second kappa shape index (κ2) is 5.13. The number of nitrogens with zero attached hydrogens (tertiary/aromatic N) is 3. The summed E-state index contributed by atoms with van der Waals surface area (Å²) in [4.78, 5) is 14.6. The van der Waals surface area contributed by atoms with Crippen LogP contribution in [-0.4, -0.2) is 33.7 Å². The van der Waals surface area contributed by atoms with Gasteiger partial charge in [0.2, 0.25) is 0 Å². The zero-order chi connectivity index (χ0) is 15.1. The number of rotatable bonds is 2. The number of hydrogen-bond acceptors (Lipinski definition) is 2. The summed E-state index contributed by atoms with van der Waals surface area (Å²) in [6.45, 7) is 3.49. The van der Waals surface area contributed by atoms with Crippen molar-refractivity contribution in [2.24, 2.45) is 0 Å². The fraction of sp³-hybridized carbons (Fsp3) is 0.333. The molecule has 0 atom stereocenters. The Morgan fingerprint density at radius 3 is 2.68 bits per heavy atom. The molecular weight excluding hydrogens is 274 g/mol. The fourth-order valence-corrected chi connectivity index (χ4v) is 3.40. The van der Waals surface area contributed by atoms with Crippen molar-refractivity contribution in [2.45, 2.75) is 26.2 Å². The largest absolute Gasteiger partial charge is 0.330 e. The van der Waals surface area contributed by atoms with Gasteiger partial charge in [-0.05, 0) is 37.8 Å². The number of benzene rings is 1. The maximum atomic E-state index is 12.7. The summed E-state index contributed by atoms with van der Waals surface area (Å²) >= 11 is 0. The van der Waals surface area contributed by atoms with Gasteiger partial charge in [0.25, 0.3) is 5.91 Å². The molecule has 1 aromatic carbocycles. The first kappa shape index (κ1) is 13.3. The molecule has 2 aliphatic rings. The highest BCUT2D eigenvalue weighted by Crippen LogP contribution is 2.29. The van der Waals surface area contributed by atoms with Gasteiger partial charge in [0, 0.05) is 24.3 Å². The van der Waals surface area contributed by atoms with E-state index in [0.717, 1.165) is 30.5 Å². The number of hydrogen-bond donors (Lipinski definition) is 0. The molecule has 0 fully saturated rings. The molecule has 0 radical (unpaired) electrons. The first-order valence-electron chi connectivity index (χ1n) is 7.87. The van der Waals surface area contributed by atoms with Crippen LogP contribution in [-0.2, 0) is 12.8 Å². The van der Waals surface area contributed by atoms with Crippen LogP contribution < -0.4 is 0 Å². The van der Waals surface area contributed by atoms with Crippen LogP contribution in [0.1, 0.15) is 33.7 Å². The Morgan fingerprint density at radius 2 is 1.91 bits per heavy atom. The molecule has 4 nitrogen and oxygen atoms in total. The lowest BCUT2D eigenvalue weighted by Gasteiger charge is -2.14. The molecular formula is C18H19N3O. The average Bonchev–Trinajstić information content (AvgIpc) is 3.25. The molecule has 4 rings (SSSR count). The van der Waals surface area contributed by atoms with Crippen molar-refractivity contribution in [2.75, 3.05) is 13.1 Å². The molecule has 22 heavy (non-hydrogen) atoms. The third kappa shape index (κ3) is 1.98. The number of carbonyl (C=O) groups is 1. The van der Waals surface area contributed by atoms with Gasteiger partial charge >= 0.3 is 0 Å². The zero-order valence-corrected chi connectivity index (χ0v) is 12.7. The minimum Gasteiger partial charge on any atom is -0.330 e. The van der Waals surface area contributed by atoms with Gasteiger partial charge in [-0.1, -0.05) is 30.4 Å². The van der Waals surface area contributed by atoms with Crippen LogP contribution in [0.2, 0.25) is 0 Å². The molecule has 0 bridgehead atoms. The summed E-state index contributed by atoms with van der Waals surface area (Å²) in [5.41, 5.74) is 5.28. The van der Waals surface area contributed by atoms with Crippen molar-refractivity contribution >= 4 is 5.91 Å². The summed E-state index contributed by atoms with van der Waals surface area (Å²) < 4.78 is 1.99. The molecule has 112 valence electrons. The van der Waals surface area contributed by atoms with Crippen molar-refractivity contribution in [3.05, 3.63) is 58.9 Å². The Bertz CT molecular complexity index is 765. The Kier molecular flexibility index (Phi) is 3.10. The highest BCUT2D eigenvalue weighted by Gasteiger charge is 2.29. The maximum absolute atomic E-state index is 12.7. The minimum absolute atomic E-state index is 0.0653. The monoisotopic (exact) mass is 293 g/mol. The Morgan fingerprint density at radius 1 is 1.14 bits per heavy atom. The highest BCUT2D eigenvalue weighted by atomic mass is 16.2. The predicted molar refractivity (Wildman–Crippen MR) is 85.4 cm³/mol. The van der Waals surface area contributed by atoms with E-state index >= 15 is 0 Å². The first-order valence-corrected chi connectivity index (χ1v) is 7.87. The van der Waals surface area contributed by atoms with Crippen molar-refractivity contribution in [1.82, 2.24) is 14.7 Å². The van der Waals surface area contributed by atoms with Gasteiger partial charge in [-0.3, -0.25) is 4.79 Å². The second-order valence-corrected chi connectivity index (χ2v) is 6.01. The van der Waals surface area contributed by atoms with Crippen molar-refractivity contribution in [3.8, 4) is 5.69 Å². The third-order valence-electron chi connectivity index (χ3n) is 4.58. The number of carbonyl (C=O) groups excluding carboxylic acids is 1. The minimum atomic E-state index is 0.0653. The molecule has 0 saturated heterocycles. The molecule has 0 unspecified atom stereocenters. The molecule has 0 N–H and O–H groups in total. The summed E-state index contributed by atoms with van der Waals surface area (Å²) in [5.74, 6) is 0.0653. The van der Waals surface area contributed by atoms with Crippen LogP contribution in [0.3, 0.4) is 0 Å². The van der Waals surface area contributed by atoms with Gasteiger partial charge in [0.05, 0.1) is 5.69 Å². The predicted octanol–water partition coefficient (Wildman–Crippen LogP) is 2.68. The van der Waals surface area contributed by atoms with Crippen LogP contribution in [0, 0.1) is 6.92 Å². The number of aromatic nitrogens is 2. The lowest BCUT2D eigenvalue weighted by Crippen LogP contribution is -2.29. The van der Waals surface area contributed by atoms with E-state index in [0.29, 0.717) is 18.8 Å².